The molecule has 1 heterocycles. The summed E-state index contributed by atoms with van der Waals surface area (Å²) >= 11 is 0. The van der Waals surface area contributed by atoms with E-state index in [9.17, 15) is 4.39 Å². The lowest BCUT2D eigenvalue weighted by molar-refractivity contribution is 0.221. The van der Waals surface area contributed by atoms with Crippen molar-refractivity contribution < 1.29 is 4.39 Å². The van der Waals surface area contributed by atoms with Crippen LogP contribution in [0.3, 0.4) is 0 Å². The number of halogens is 1. The molecule has 1 fully saturated rings. The molecule has 3 rings (SSSR count). The zero-order chi connectivity index (χ0) is 14.8. The average Bonchev–Trinajstić information content (AvgIpc) is 2.92. The first-order valence-electron chi connectivity index (χ1n) is 7.46. The van der Waals surface area contributed by atoms with Gasteiger partial charge in [0.1, 0.15) is 5.82 Å². The summed E-state index contributed by atoms with van der Waals surface area (Å²) in [5.74, 6) is 1.31. The van der Waals surface area contributed by atoms with Gasteiger partial charge in [-0.3, -0.25) is 0 Å². The quantitative estimate of drug-likeness (QED) is 0.882. The molecular weight excluding hydrogens is 269 g/mol. The molecule has 2 aromatic rings. The van der Waals surface area contributed by atoms with E-state index in [0.29, 0.717) is 28.9 Å². The van der Waals surface area contributed by atoms with Crippen LogP contribution < -0.4 is 5.73 Å². The zero-order valence-electron chi connectivity index (χ0n) is 12.2. The van der Waals surface area contributed by atoms with Crippen LogP contribution in [0, 0.1) is 17.7 Å². The number of nitrogens with two attached hydrogens (primary N) is 1. The van der Waals surface area contributed by atoms with Gasteiger partial charge in [0, 0.05) is 12.2 Å². The summed E-state index contributed by atoms with van der Waals surface area (Å²) in [6.45, 7) is 3.01. The Morgan fingerprint density at radius 1 is 1.33 bits per heavy atom. The molecule has 6 heteroatoms. The van der Waals surface area contributed by atoms with Gasteiger partial charge in [-0.15, -0.1) is 5.10 Å². The molecule has 21 heavy (non-hydrogen) atoms. The van der Waals surface area contributed by atoms with Crippen LogP contribution in [0.5, 0.6) is 0 Å². The van der Waals surface area contributed by atoms with Gasteiger partial charge in [0.15, 0.2) is 5.82 Å². The Bertz CT molecular complexity index is 624. The fourth-order valence-electron chi connectivity index (χ4n) is 3.12. The van der Waals surface area contributed by atoms with Gasteiger partial charge in [-0.25, -0.2) is 9.07 Å². The lowest BCUT2D eigenvalue weighted by Gasteiger charge is -2.28. The molecule has 0 radical (unpaired) electrons. The molecule has 0 amide bonds. The third-order valence-corrected chi connectivity index (χ3v) is 4.46. The van der Waals surface area contributed by atoms with E-state index in [1.54, 1.807) is 10.7 Å². The molecule has 2 unspecified atom stereocenters. The number of aromatic nitrogens is 4. The first-order valence-corrected chi connectivity index (χ1v) is 7.46. The molecule has 1 aromatic heterocycles. The second-order valence-corrected chi connectivity index (χ2v) is 5.95. The van der Waals surface area contributed by atoms with E-state index in [2.05, 4.69) is 22.4 Å². The third kappa shape index (κ3) is 2.89. The maximum Gasteiger partial charge on any atom is 0.185 e. The third-order valence-electron chi connectivity index (χ3n) is 4.46. The van der Waals surface area contributed by atoms with E-state index >= 15 is 0 Å². The van der Waals surface area contributed by atoms with Gasteiger partial charge in [0.2, 0.25) is 0 Å². The molecule has 5 nitrogen and oxygen atoms in total. The highest BCUT2D eigenvalue weighted by atomic mass is 19.1. The lowest BCUT2D eigenvalue weighted by atomic mass is 9.80. The summed E-state index contributed by atoms with van der Waals surface area (Å²) in [5.41, 5.74) is 6.62. The van der Waals surface area contributed by atoms with E-state index < -0.39 is 0 Å². The summed E-state index contributed by atoms with van der Waals surface area (Å²) in [4.78, 5) is 0. The summed E-state index contributed by atoms with van der Waals surface area (Å²) in [7, 11) is 0. The summed E-state index contributed by atoms with van der Waals surface area (Å²) in [6.07, 6.45) is 4.97. The van der Waals surface area contributed by atoms with Crippen molar-refractivity contribution in [2.75, 3.05) is 5.73 Å². The second-order valence-electron chi connectivity index (χ2n) is 5.95. The second kappa shape index (κ2) is 5.79. The van der Waals surface area contributed by atoms with Gasteiger partial charge in [-0.05, 0) is 46.9 Å². The summed E-state index contributed by atoms with van der Waals surface area (Å²) in [5, 5.41) is 11.7. The van der Waals surface area contributed by atoms with Gasteiger partial charge >= 0.3 is 0 Å². The number of tetrazole rings is 1. The predicted octanol–water partition coefficient (Wildman–Crippen LogP) is 2.89. The van der Waals surface area contributed by atoms with Crippen molar-refractivity contribution in [2.45, 2.75) is 39.2 Å². The van der Waals surface area contributed by atoms with Gasteiger partial charge in [-0.2, -0.15) is 0 Å². The van der Waals surface area contributed by atoms with E-state index in [1.165, 1.54) is 37.8 Å². The molecular formula is C15H20FN5. The maximum atomic E-state index is 14.0. The summed E-state index contributed by atoms with van der Waals surface area (Å²) < 4.78 is 15.7. The minimum Gasteiger partial charge on any atom is -0.399 e. The largest absolute Gasteiger partial charge is 0.399 e. The molecule has 0 bridgehead atoms. The monoisotopic (exact) mass is 289 g/mol. The first kappa shape index (κ1) is 14.0. The highest BCUT2D eigenvalue weighted by Crippen LogP contribution is 2.31. The molecule has 1 aliphatic carbocycles. The number of rotatable bonds is 3. The fourth-order valence-corrected chi connectivity index (χ4v) is 3.12. The van der Waals surface area contributed by atoms with Gasteiger partial charge in [-0.1, -0.05) is 26.2 Å². The van der Waals surface area contributed by atoms with Crippen LogP contribution >= 0.6 is 0 Å². The van der Waals surface area contributed by atoms with Crippen molar-refractivity contribution in [1.82, 2.24) is 20.2 Å². The van der Waals surface area contributed by atoms with Crippen LogP contribution in [-0.2, 0) is 6.54 Å². The smallest absolute Gasteiger partial charge is 0.185 e. The van der Waals surface area contributed by atoms with Gasteiger partial charge in [0.05, 0.1) is 5.56 Å². The predicted molar refractivity (Wildman–Crippen MR) is 78.7 cm³/mol. The molecule has 2 N–H and O–H groups in total. The molecule has 112 valence electrons. The number of hydrogen-bond acceptors (Lipinski definition) is 4. The highest BCUT2D eigenvalue weighted by molar-refractivity contribution is 5.61. The minimum absolute atomic E-state index is 0.350. The Morgan fingerprint density at radius 2 is 2.14 bits per heavy atom. The topological polar surface area (TPSA) is 69.6 Å². The fraction of sp³-hybridized carbons (Fsp3) is 0.533. The Hall–Kier alpha value is -1.98. The highest BCUT2D eigenvalue weighted by Gasteiger charge is 2.24. The Balaban J connectivity index is 1.88. The van der Waals surface area contributed by atoms with E-state index in [4.69, 9.17) is 5.73 Å². The minimum atomic E-state index is -0.350. The molecule has 0 aliphatic heterocycles. The lowest BCUT2D eigenvalue weighted by Crippen LogP contribution is -2.23. The average molecular weight is 289 g/mol. The number of nitrogens with zero attached hydrogens (tertiary/aromatic N) is 4. The zero-order valence-corrected chi connectivity index (χ0v) is 12.2. The SMILES string of the molecule is CC1CCCCC1Cn1nnnc1-c1cc(N)ccc1F. The van der Waals surface area contributed by atoms with E-state index in [1.807, 2.05) is 0 Å². The van der Waals surface area contributed by atoms with Crippen LogP contribution in [-0.4, -0.2) is 20.2 Å². The van der Waals surface area contributed by atoms with Crippen molar-refractivity contribution in [3.63, 3.8) is 0 Å². The van der Waals surface area contributed by atoms with Gasteiger partial charge in [0.25, 0.3) is 0 Å². The number of benzene rings is 1. The Labute approximate surface area is 123 Å². The van der Waals surface area contributed by atoms with Crippen LogP contribution in [0.4, 0.5) is 10.1 Å². The van der Waals surface area contributed by atoms with E-state index in [0.717, 1.165) is 6.54 Å². The van der Waals surface area contributed by atoms with Crippen molar-refractivity contribution in [3.8, 4) is 11.4 Å². The molecule has 1 saturated carbocycles. The van der Waals surface area contributed by atoms with E-state index in [-0.39, 0.29) is 5.82 Å². The van der Waals surface area contributed by atoms with Crippen molar-refractivity contribution >= 4 is 5.69 Å². The normalized spacial score (nSPS) is 22.4. The van der Waals surface area contributed by atoms with Gasteiger partial charge < -0.3 is 5.73 Å². The van der Waals surface area contributed by atoms with Crippen molar-refractivity contribution in [3.05, 3.63) is 24.0 Å². The van der Waals surface area contributed by atoms with Crippen LogP contribution in [0.1, 0.15) is 32.6 Å². The van der Waals surface area contributed by atoms with Crippen LogP contribution in [0.15, 0.2) is 18.2 Å². The standard InChI is InChI=1S/C15H20FN5/c1-10-4-2-3-5-11(10)9-21-15(18-19-20-21)13-8-12(17)6-7-14(13)16/h6-8,10-11H,2-5,9,17H2,1H3. The number of hydrogen-bond donors (Lipinski definition) is 1. The molecule has 1 aromatic carbocycles. The van der Waals surface area contributed by atoms with Crippen LogP contribution in [0.2, 0.25) is 0 Å². The number of anilines is 1. The molecule has 2 atom stereocenters. The molecule has 0 spiro atoms. The Morgan fingerprint density at radius 3 is 2.95 bits per heavy atom. The summed E-state index contributed by atoms with van der Waals surface area (Å²) in [6, 6.07) is 4.48. The van der Waals surface area contributed by atoms with Crippen molar-refractivity contribution in [2.24, 2.45) is 11.8 Å². The molecule has 1 aliphatic rings. The Kier molecular flexibility index (Phi) is 3.86. The van der Waals surface area contributed by atoms with Crippen molar-refractivity contribution in [1.29, 1.82) is 0 Å². The van der Waals surface area contributed by atoms with Crippen LogP contribution in [0.25, 0.3) is 11.4 Å². The maximum absolute atomic E-state index is 14.0. The number of nitrogen functional groups attached to an aromatic ring is 1. The first-order chi connectivity index (χ1) is 10.1. The molecule has 0 saturated heterocycles.